The van der Waals surface area contributed by atoms with Gasteiger partial charge in [-0.1, -0.05) is 0 Å². The number of hydrogen-bond acceptors (Lipinski definition) is 4. The van der Waals surface area contributed by atoms with E-state index in [0.29, 0.717) is 11.4 Å². The van der Waals surface area contributed by atoms with Crippen molar-refractivity contribution in [1.29, 1.82) is 0 Å². The summed E-state index contributed by atoms with van der Waals surface area (Å²) < 4.78 is 5.34. The van der Waals surface area contributed by atoms with E-state index in [2.05, 4.69) is 4.85 Å². The van der Waals surface area contributed by atoms with Crippen LogP contribution in [0, 0.1) is 6.57 Å². The van der Waals surface area contributed by atoms with Gasteiger partial charge in [-0.05, 0) is 33.3 Å². The molecule has 6 heteroatoms. The topological polar surface area (TPSA) is 51.0 Å². The second kappa shape index (κ2) is 4.57. The molecule has 0 bridgehead atoms. The molecule has 1 saturated heterocycles. The third kappa shape index (κ3) is 2.35. The van der Waals surface area contributed by atoms with Gasteiger partial charge in [0.25, 0.3) is 0 Å². The molecule has 0 radical (unpaired) electrons. The molecule has 5 nitrogen and oxygen atoms in total. The maximum Gasteiger partial charge on any atom is 0.355 e. The molecule has 0 aliphatic carbocycles. The van der Waals surface area contributed by atoms with E-state index in [9.17, 15) is 9.59 Å². The highest BCUT2D eigenvalue weighted by molar-refractivity contribution is 8.00. The first-order valence-corrected chi connectivity index (χ1v) is 7.05. The largest absolute Gasteiger partial charge is 0.455 e. The van der Waals surface area contributed by atoms with E-state index in [1.54, 1.807) is 20.8 Å². The van der Waals surface area contributed by atoms with Crippen LogP contribution in [0.1, 0.15) is 27.7 Å². The number of rotatable bonds is 1. The molecule has 102 valence electrons. The highest BCUT2D eigenvalue weighted by Gasteiger charge is 2.58. The van der Waals surface area contributed by atoms with E-state index in [-0.39, 0.29) is 11.3 Å². The Bertz CT molecular complexity index is 513. The fourth-order valence-electron chi connectivity index (χ4n) is 2.05. The summed E-state index contributed by atoms with van der Waals surface area (Å²) in [5.74, 6) is -0.130. The van der Waals surface area contributed by atoms with Gasteiger partial charge in [0.15, 0.2) is 5.37 Å². The number of thioether (sulfide) groups is 1. The van der Waals surface area contributed by atoms with E-state index in [1.807, 2.05) is 6.92 Å². The lowest BCUT2D eigenvalue weighted by Gasteiger charge is -2.44. The number of fused-ring (bicyclic) bond motifs is 1. The van der Waals surface area contributed by atoms with Crippen molar-refractivity contribution >= 4 is 23.6 Å². The Labute approximate surface area is 116 Å². The van der Waals surface area contributed by atoms with Crippen molar-refractivity contribution in [2.75, 3.05) is 5.75 Å². The molecule has 0 aromatic carbocycles. The summed E-state index contributed by atoms with van der Waals surface area (Å²) >= 11 is 1.52. The van der Waals surface area contributed by atoms with Crippen LogP contribution >= 0.6 is 11.8 Å². The molecule has 2 heterocycles. The second-order valence-electron chi connectivity index (χ2n) is 5.61. The summed E-state index contributed by atoms with van der Waals surface area (Å²) in [5.41, 5.74) is 0.549. The van der Waals surface area contributed by atoms with Crippen molar-refractivity contribution < 1.29 is 14.3 Å². The molecule has 1 unspecified atom stereocenters. The summed E-state index contributed by atoms with van der Waals surface area (Å²) in [5, 5.41) is -0.240. The Morgan fingerprint density at radius 3 is 2.68 bits per heavy atom. The standard InChI is InChI=1S/C13H16N2O3S/c1-7-6-19-11-8(14-5)10(16)15(11)9(7)12(17)18-13(2,3)4/h8,11H,6H2,1-4H3/t8?,11-/m1/s1. The second-order valence-corrected chi connectivity index (χ2v) is 6.72. The third-order valence-corrected chi connectivity index (χ3v) is 4.27. The van der Waals surface area contributed by atoms with E-state index < -0.39 is 17.6 Å². The Balaban J connectivity index is 2.27. The van der Waals surface area contributed by atoms with Crippen LogP contribution in [-0.2, 0) is 14.3 Å². The van der Waals surface area contributed by atoms with Crippen LogP contribution in [0.15, 0.2) is 11.3 Å². The van der Waals surface area contributed by atoms with Gasteiger partial charge in [0.2, 0.25) is 0 Å². The van der Waals surface area contributed by atoms with E-state index in [1.165, 1.54) is 16.7 Å². The zero-order valence-corrected chi connectivity index (χ0v) is 12.2. The van der Waals surface area contributed by atoms with Crippen molar-refractivity contribution in [3.8, 4) is 0 Å². The van der Waals surface area contributed by atoms with Gasteiger partial charge in [-0.3, -0.25) is 14.5 Å². The SMILES string of the molecule is [C-]#[N+]C1C(=O)N2C(C(=O)OC(C)(C)C)=C(C)CS[C@H]12. The lowest BCUT2D eigenvalue weighted by molar-refractivity contribution is -0.157. The van der Waals surface area contributed by atoms with Crippen LogP contribution in [0.2, 0.25) is 0 Å². The highest BCUT2D eigenvalue weighted by atomic mass is 32.2. The minimum atomic E-state index is -0.657. The summed E-state index contributed by atoms with van der Waals surface area (Å²) in [4.78, 5) is 28.8. The van der Waals surface area contributed by atoms with Crippen LogP contribution in [0.3, 0.4) is 0 Å². The number of hydrogen-bond donors (Lipinski definition) is 0. The van der Waals surface area contributed by atoms with Gasteiger partial charge in [0.1, 0.15) is 11.3 Å². The average Bonchev–Trinajstić information content (AvgIpc) is 2.27. The van der Waals surface area contributed by atoms with Crippen LogP contribution in [0.25, 0.3) is 4.85 Å². The van der Waals surface area contributed by atoms with Crippen molar-refractivity contribution in [2.24, 2.45) is 0 Å². The number of carbonyl (C=O) groups is 2. The van der Waals surface area contributed by atoms with Crippen molar-refractivity contribution in [2.45, 2.75) is 44.7 Å². The monoisotopic (exact) mass is 280 g/mol. The van der Waals surface area contributed by atoms with Gasteiger partial charge in [-0.2, -0.15) is 0 Å². The molecule has 1 fully saturated rings. The first kappa shape index (κ1) is 13.9. The minimum absolute atomic E-state index is 0.240. The molecule has 2 rings (SSSR count). The predicted molar refractivity (Wildman–Crippen MR) is 72.0 cm³/mol. The number of β-lactam (4-membered cyclic amide) rings is 1. The van der Waals surface area contributed by atoms with Gasteiger partial charge in [0, 0.05) is 5.75 Å². The number of ether oxygens (including phenoxy) is 1. The lowest BCUT2D eigenvalue weighted by Crippen LogP contribution is -2.63. The quantitative estimate of drug-likeness (QED) is 0.417. The molecule has 2 aliphatic rings. The number of esters is 1. The Morgan fingerprint density at radius 2 is 2.16 bits per heavy atom. The van der Waals surface area contributed by atoms with Gasteiger partial charge in [0.05, 0.1) is 0 Å². The van der Waals surface area contributed by atoms with E-state index >= 15 is 0 Å². The highest BCUT2D eigenvalue weighted by Crippen LogP contribution is 2.42. The van der Waals surface area contributed by atoms with E-state index in [0.717, 1.165) is 5.57 Å². The molecule has 19 heavy (non-hydrogen) atoms. The molecule has 0 aromatic heterocycles. The van der Waals surface area contributed by atoms with Crippen LogP contribution < -0.4 is 0 Å². The Kier molecular flexibility index (Phi) is 3.35. The zero-order chi connectivity index (χ0) is 14.4. The van der Waals surface area contributed by atoms with Gasteiger partial charge >= 0.3 is 17.9 Å². The predicted octanol–water partition coefficient (Wildman–Crippen LogP) is 1.81. The summed E-state index contributed by atoms with van der Waals surface area (Å²) in [6.07, 6.45) is 0. The van der Waals surface area contributed by atoms with Gasteiger partial charge < -0.3 is 4.74 Å². The molecular formula is C13H16N2O3S. The summed E-state index contributed by atoms with van der Waals surface area (Å²) in [7, 11) is 0. The van der Waals surface area contributed by atoms with Crippen molar-refractivity contribution in [3.63, 3.8) is 0 Å². The maximum absolute atomic E-state index is 12.2. The first-order chi connectivity index (χ1) is 8.76. The Morgan fingerprint density at radius 1 is 1.53 bits per heavy atom. The molecule has 0 saturated carbocycles. The van der Waals surface area contributed by atoms with Gasteiger partial charge in [-0.15, -0.1) is 11.8 Å². The summed E-state index contributed by atoms with van der Waals surface area (Å²) in [6, 6.07) is -0.657. The molecule has 0 N–H and O–H groups in total. The zero-order valence-electron chi connectivity index (χ0n) is 11.4. The minimum Gasteiger partial charge on any atom is -0.455 e. The van der Waals surface area contributed by atoms with Gasteiger partial charge in [-0.25, -0.2) is 11.4 Å². The molecule has 0 spiro atoms. The smallest absolute Gasteiger partial charge is 0.355 e. The normalized spacial score (nSPS) is 26.5. The summed E-state index contributed by atoms with van der Waals surface area (Å²) in [6.45, 7) is 14.2. The molecular weight excluding hydrogens is 264 g/mol. The Hall–Kier alpha value is -1.48. The molecule has 2 atom stereocenters. The lowest BCUT2D eigenvalue weighted by atomic mass is 10.0. The average molecular weight is 280 g/mol. The fraction of sp³-hybridized carbons (Fsp3) is 0.615. The number of carbonyl (C=O) groups excluding carboxylic acids is 2. The van der Waals surface area contributed by atoms with Crippen LogP contribution in [-0.4, -0.2) is 39.5 Å². The van der Waals surface area contributed by atoms with Crippen molar-refractivity contribution in [3.05, 3.63) is 22.7 Å². The maximum atomic E-state index is 12.2. The molecule has 2 aliphatic heterocycles. The van der Waals surface area contributed by atoms with E-state index in [4.69, 9.17) is 11.3 Å². The van der Waals surface area contributed by atoms with Crippen LogP contribution in [0.4, 0.5) is 0 Å². The molecule has 0 aromatic rings. The first-order valence-electron chi connectivity index (χ1n) is 6.00. The number of amides is 1. The number of nitrogens with zero attached hydrogens (tertiary/aromatic N) is 2. The van der Waals surface area contributed by atoms with Crippen LogP contribution in [0.5, 0.6) is 0 Å². The molecule has 1 amide bonds. The fourth-order valence-corrected chi connectivity index (χ4v) is 3.33. The third-order valence-electron chi connectivity index (χ3n) is 2.86. The van der Waals surface area contributed by atoms with Crippen molar-refractivity contribution in [1.82, 2.24) is 4.90 Å².